The molecule has 1 aliphatic rings. The summed E-state index contributed by atoms with van der Waals surface area (Å²) in [6.45, 7) is 7.57. The van der Waals surface area contributed by atoms with E-state index in [0.717, 1.165) is 6.42 Å². The smallest absolute Gasteiger partial charge is 0.329 e. The molecule has 0 unspecified atom stereocenters. The third-order valence-electron chi connectivity index (χ3n) is 4.16. The number of nitrogens with zero attached hydrogens (tertiary/aromatic N) is 1. The number of unbranched alkanes of at least 4 members (excludes halogenated alkanes) is 1. The second-order valence-electron chi connectivity index (χ2n) is 7.39. The normalized spacial score (nSPS) is 20.1. The van der Waals surface area contributed by atoms with Crippen molar-refractivity contribution in [2.75, 3.05) is 6.54 Å². The van der Waals surface area contributed by atoms with Gasteiger partial charge in [0.1, 0.15) is 17.7 Å². The molecule has 0 aromatic rings. The predicted octanol–water partition coefficient (Wildman–Crippen LogP) is 0.992. The minimum absolute atomic E-state index is 0.293. The molecule has 2 amide bonds. The van der Waals surface area contributed by atoms with Crippen LogP contribution >= 0.6 is 0 Å². The van der Waals surface area contributed by atoms with Crippen molar-refractivity contribution >= 4 is 17.8 Å². The Hall–Kier alpha value is -1.67. The average Bonchev–Trinajstić information content (AvgIpc) is 3.02. The van der Waals surface area contributed by atoms with E-state index in [1.54, 1.807) is 20.8 Å². The fourth-order valence-corrected chi connectivity index (χ4v) is 2.95. The van der Waals surface area contributed by atoms with E-state index in [9.17, 15) is 19.5 Å². The largest absolute Gasteiger partial charge is 0.458 e. The van der Waals surface area contributed by atoms with Crippen molar-refractivity contribution < 1.29 is 29.4 Å². The number of hydrogen-bond acceptors (Lipinski definition) is 6. The SMILES string of the molecule is CCCC[C@@H](C(=O)N1CCC[C@H]1C(=O)OC(C)(C)C)[C@H](O)C(=O)NO. The van der Waals surface area contributed by atoms with Gasteiger partial charge in [-0.05, 0) is 40.0 Å². The van der Waals surface area contributed by atoms with E-state index < -0.39 is 41.4 Å². The van der Waals surface area contributed by atoms with Crippen molar-refractivity contribution in [3.63, 3.8) is 0 Å². The summed E-state index contributed by atoms with van der Waals surface area (Å²) >= 11 is 0. The number of amides is 2. The van der Waals surface area contributed by atoms with Gasteiger partial charge in [-0.2, -0.15) is 0 Å². The summed E-state index contributed by atoms with van der Waals surface area (Å²) in [6.07, 6.45) is 1.19. The van der Waals surface area contributed by atoms with E-state index in [4.69, 9.17) is 9.94 Å². The van der Waals surface area contributed by atoms with Crippen LogP contribution in [0.5, 0.6) is 0 Å². The van der Waals surface area contributed by atoms with Gasteiger partial charge in [0.15, 0.2) is 0 Å². The number of aliphatic hydroxyl groups excluding tert-OH is 1. The van der Waals surface area contributed by atoms with E-state index in [1.165, 1.54) is 10.4 Å². The number of carbonyl (C=O) groups is 3. The lowest BCUT2D eigenvalue weighted by molar-refractivity contribution is -0.165. The molecule has 3 atom stereocenters. The molecule has 8 heteroatoms. The summed E-state index contributed by atoms with van der Waals surface area (Å²) in [4.78, 5) is 38.2. The van der Waals surface area contributed by atoms with Crippen LogP contribution in [0.3, 0.4) is 0 Å². The van der Waals surface area contributed by atoms with Crippen molar-refractivity contribution in [2.45, 2.75) is 77.5 Å². The lowest BCUT2D eigenvalue weighted by atomic mass is 9.93. The molecule has 1 heterocycles. The van der Waals surface area contributed by atoms with Gasteiger partial charge in [0.2, 0.25) is 5.91 Å². The number of hydrogen-bond donors (Lipinski definition) is 3. The molecule has 8 nitrogen and oxygen atoms in total. The van der Waals surface area contributed by atoms with Gasteiger partial charge in [0, 0.05) is 6.54 Å². The molecule has 1 fully saturated rings. The molecule has 3 N–H and O–H groups in total. The average molecular weight is 358 g/mol. The quantitative estimate of drug-likeness (QED) is 0.355. The first-order valence-electron chi connectivity index (χ1n) is 8.77. The summed E-state index contributed by atoms with van der Waals surface area (Å²) in [5, 5.41) is 18.8. The molecule has 1 aliphatic heterocycles. The molecule has 0 saturated carbocycles. The van der Waals surface area contributed by atoms with Gasteiger partial charge in [-0.3, -0.25) is 14.8 Å². The van der Waals surface area contributed by atoms with Crippen LogP contribution in [0.1, 0.15) is 59.8 Å². The van der Waals surface area contributed by atoms with E-state index >= 15 is 0 Å². The highest BCUT2D eigenvalue weighted by Gasteiger charge is 2.42. The van der Waals surface area contributed by atoms with Crippen molar-refractivity contribution in [3.05, 3.63) is 0 Å². The zero-order chi connectivity index (χ0) is 19.2. The summed E-state index contributed by atoms with van der Waals surface area (Å²) in [5.41, 5.74) is 0.720. The Kier molecular flexibility index (Phi) is 7.82. The fourth-order valence-electron chi connectivity index (χ4n) is 2.95. The van der Waals surface area contributed by atoms with Crippen LogP contribution in [0.4, 0.5) is 0 Å². The highest BCUT2D eigenvalue weighted by Crippen LogP contribution is 2.26. The molecular formula is C17H30N2O6. The van der Waals surface area contributed by atoms with Gasteiger partial charge >= 0.3 is 5.97 Å². The lowest BCUT2D eigenvalue weighted by Crippen LogP contribution is -2.50. The molecule has 0 aliphatic carbocycles. The van der Waals surface area contributed by atoms with Crippen LogP contribution < -0.4 is 5.48 Å². The van der Waals surface area contributed by atoms with Crippen molar-refractivity contribution in [2.24, 2.45) is 5.92 Å². The molecule has 0 bridgehead atoms. The topological polar surface area (TPSA) is 116 Å². The number of hydroxylamine groups is 1. The number of carbonyl (C=O) groups excluding carboxylic acids is 3. The number of likely N-dealkylation sites (tertiary alicyclic amines) is 1. The fraction of sp³-hybridized carbons (Fsp3) is 0.824. The number of esters is 1. The summed E-state index contributed by atoms with van der Waals surface area (Å²) in [7, 11) is 0. The predicted molar refractivity (Wildman–Crippen MR) is 89.5 cm³/mol. The molecule has 0 aromatic carbocycles. The first-order chi connectivity index (χ1) is 11.6. The van der Waals surface area contributed by atoms with Gasteiger partial charge in [-0.25, -0.2) is 10.3 Å². The monoisotopic (exact) mass is 358 g/mol. The third-order valence-corrected chi connectivity index (χ3v) is 4.16. The van der Waals surface area contributed by atoms with Gasteiger partial charge in [0.25, 0.3) is 5.91 Å². The van der Waals surface area contributed by atoms with Gasteiger partial charge < -0.3 is 14.7 Å². The van der Waals surface area contributed by atoms with Gasteiger partial charge in [-0.1, -0.05) is 19.8 Å². The molecule has 0 spiro atoms. The Morgan fingerprint density at radius 2 is 1.96 bits per heavy atom. The maximum Gasteiger partial charge on any atom is 0.329 e. The molecule has 1 saturated heterocycles. The first kappa shape index (κ1) is 21.4. The zero-order valence-electron chi connectivity index (χ0n) is 15.4. The van der Waals surface area contributed by atoms with Crippen LogP contribution in [0.25, 0.3) is 0 Å². The number of ether oxygens (including phenoxy) is 1. The Bertz CT molecular complexity index is 488. The van der Waals surface area contributed by atoms with E-state index in [1.807, 2.05) is 6.92 Å². The van der Waals surface area contributed by atoms with Crippen molar-refractivity contribution in [1.29, 1.82) is 0 Å². The lowest BCUT2D eigenvalue weighted by Gasteiger charge is -2.31. The van der Waals surface area contributed by atoms with E-state index in [-0.39, 0.29) is 0 Å². The standard InChI is InChI=1S/C17H30N2O6/c1-5-6-8-11(13(20)14(21)18-24)15(22)19-10-7-9-12(19)16(23)25-17(2,3)4/h11-13,20,24H,5-10H2,1-4H3,(H,18,21)/t11-,12+,13+/m1/s1. The van der Waals surface area contributed by atoms with Crippen LogP contribution in [-0.4, -0.2) is 57.3 Å². The number of nitrogens with one attached hydrogen (secondary N) is 1. The van der Waals surface area contributed by atoms with Crippen molar-refractivity contribution in [1.82, 2.24) is 10.4 Å². The minimum Gasteiger partial charge on any atom is -0.458 e. The highest BCUT2D eigenvalue weighted by molar-refractivity contribution is 5.91. The summed E-state index contributed by atoms with van der Waals surface area (Å²) < 4.78 is 5.38. The third kappa shape index (κ3) is 5.97. The van der Waals surface area contributed by atoms with E-state index in [2.05, 4.69) is 0 Å². The molecule has 0 aromatic heterocycles. The highest BCUT2D eigenvalue weighted by atomic mass is 16.6. The van der Waals surface area contributed by atoms with Crippen molar-refractivity contribution in [3.8, 4) is 0 Å². The minimum atomic E-state index is -1.66. The number of aliphatic hydroxyl groups is 1. The second-order valence-corrected chi connectivity index (χ2v) is 7.39. The molecule has 0 radical (unpaired) electrons. The Morgan fingerprint density at radius 1 is 1.32 bits per heavy atom. The van der Waals surface area contributed by atoms with Gasteiger partial charge in [0.05, 0.1) is 5.92 Å². The van der Waals surface area contributed by atoms with Gasteiger partial charge in [-0.15, -0.1) is 0 Å². The molecule has 1 rings (SSSR count). The first-order valence-corrected chi connectivity index (χ1v) is 8.77. The van der Waals surface area contributed by atoms with Crippen LogP contribution in [0.2, 0.25) is 0 Å². The van der Waals surface area contributed by atoms with E-state index in [0.29, 0.717) is 32.2 Å². The maximum atomic E-state index is 12.9. The molecule has 25 heavy (non-hydrogen) atoms. The Balaban J connectivity index is 2.93. The summed E-state index contributed by atoms with van der Waals surface area (Å²) in [5.74, 6) is -2.97. The van der Waals surface area contributed by atoms with Crippen LogP contribution in [0, 0.1) is 5.92 Å². The number of rotatable bonds is 7. The Morgan fingerprint density at radius 3 is 2.48 bits per heavy atom. The second kappa shape index (κ2) is 9.15. The van der Waals surface area contributed by atoms with Crippen LogP contribution in [0.15, 0.2) is 0 Å². The zero-order valence-corrected chi connectivity index (χ0v) is 15.4. The maximum absolute atomic E-state index is 12.9. The summed E-state index contributed by atoms with van der Waals surface area (Å²) in [6, 6.07) is -0.708. The molecular weight excluding hydrogens is 328 g/mol. The Labute approximate surface area is 148 Å². The van der Waals surface area contributed by atoms with Crippen LogP contribution in [-0.2, 0) is 19.1 Å². The molecule has 144 valence electrons.